The van der Waals surface area contributed by atoms with Crippen molar-refractivity contribution in [2.75, 3.05) is 0 Å². The van der Waals surface area contributed by atoms with E-state index in [4.69, 9.17) is 0 Å². The molecule has 0 spiro atoms. The Morgan fingerprint density at radius 3 is 2.47 bits per heavy atom. The molecule has 2 aromatic rings. The number of carboxylic acid groups (broad SMARTS) is 1. The largest absolute Gasteiger partial charge is 0.545 e. The van der Waals surface area contributed by atoms with E-state index >= 15 is 0 Å². The molecule has 0 saturated carbocycles. The lowest BCUT2D eigenvalue weighted by atomic mass is 9.90. The highest BCUT2D eigenvalue weighted by atomic mass is 16.4. The van der Waals surface area contributed by atoms with E-state index in [1.807, 2.05) is 24.3 Å². The van der Waals surface area contributed by atoms with Gasteiger partial charge >= 0.3 is 0 Å². The lowest BCUT2D eigenvalue weighted by Crippen LogP contribution is -2.25. The van der Waals surface area contributed by atoms with E-state index in [0.717, 1.165) is 17.4 Å². The van der Waals surface area contributed by atoms with Crippen LogP contribution in [0.15, 0.2) is 42.0 Å². The summed E-state index contributed by atoms with van der Waals surface area (Å²) in [6.45, 7) is 0. The lowest BCUT2D eigenvalue weighted by Gasteiger charge is -2.17. The second kappa shape index (κ2) is 3.74. The molecule has 0 fully saturated rings. The molecule has 0 radical (unpaired) electrons. The Labute approximate surface area is 99.2 Å². The number of carbonyl (C=O) groups excluding carboxylic acids is 1. The normalized spacial score (nSPS) is 14.2. The molecule has 0 N–H and O–H groups in total. The van der Waals surface area contributed by atoms with Crippen LogP contribution in [0.25, 0.3) is 16.8 Å². The van der Waals surface area contributed by atoms with Crippen LogP contribution in [-0.2, 0) is 11.2 Å². The third-order valence-electron chi connectivity index (χ3n) is 3.26. The minimum Gasteiger partial charge on any atom is -0.545 e. The minimum atomic E-state index is -1.05. The summed E-state index contributed by atoms with van der Waals surface area (Å²) < 4.78 is 0. The number of fused-ring (bicyclic) bond motifs is 2. The van der Waals surface area contributed by atoms with Gasteiger partial charge in [0, 0.05) is 0 Å². The van der Waals surface area contributed by atoms with Crippen LogP contribution in [0.4, 0.5) is 0 Å². The number of carbonyl (C=O) groups is 1. The number of aryl methyl sites for hydroxylation is 1. The van der Waals surface area contributed by atoms with E-state index in [0.29, 0.717) is 12.0 Å². The maximum Gasteiger partial charge on any atom is 0.0675 e. The third kappa shape index (κ3) is 1.72. The van der Waals surface area contributed by atoms with Gasteiger partial charge in [-0.25, -0.2) is 0 Å². The maximum absolute atomic E-state index is 10.8. The molecule has 3 rings (SSSR count). The first kappa shape index (κ1) is 10.1. The maximum atomic E-state index is 10.8. The Balaban J connectivity index is 2.20. The average Bonchev–Trinajstić information content (AvgIpc) is 2.35. The molecular weight excluding hydrogens is 212 g/mol. The number of hydrogen-bond acceptors (Lipinski definition) is 2. The highest BCUT2D eigenvalue weighted by Gasteiger charge is 2.11. The summed E-state index contributed by atoms with van der Waals surface area (Å²) >= 11 is 0. The first-order valence-electron chi connectivity index (χ1n) is 5.67. The topological polar surface area (TPSA) is 40.1 Å². The van der Waals surface area contributed by atoms with Gasteiger partial charge in [0.1, 0.15) is 0 Å². The van der Waals surface area contributed by atoms with Gasteiger partial charge in [0.2, 0.25) is 0 Å². The summed E-state index contributed by atoms with van der Waals surface area (Å²) in [5.41, 5.74) is 2.62. The van der Waals surface area contributed by atoms with Gasteiger partial charge < -0.3 is 9.90 Å². The number of carboxylic acids is 1. The second-order valence-corrected chi connectivity index (χ2v) is 4.36. The van der Waals surface area contributed by atoms with E-state index in [1.165, 1.54) is 10.9 Å². The van der Waals surface area contributed by atoms with Gasteiger partial charge in [-0.2, -0.15) is 0 Å². The molecular formula is C15H11O2-. The molecule has 0 amide bonds. The van der Waals surface area contributed by atoms with Gasteiger partial charge in [-0.15, -0.1) is 0 Å². The van der Waals surface area contributed by atoms with E-state index in [9.17, 15) is 9.90 Å². The Morgan fingerprint density at radius 1 is 1.06 bits per heavy atom. The van der Waals surface area contributed by atoms with Gasteiger partial charge in [-0.3, -0.25) is 0 Å². The van der Waals surface area contributed by atoms with Crippen LogP contribution in [-0.4, -0.2) is 5.97 Å². The fourth-order valence-electron chi connectivity index (χ4n) is 2.35. The zero-order valence-electron chi connectivity index (χ0n) is 9.27. The quantitative estimate of drug-likeness (QED) is 0.741. The Bertz CT molecular complexity index is 638. The highest BCUT2D eigenvalue weighted by molar-refractivity contribution is 5.94. The summed E-state index contributed by atoms with van der Waals surface area (Å²) in [5, 5.41) is 13.2. The molecule has 84 valence electrons. The van der Waals surface area contributed by atoms with Crippen molar-refractivity contribution in [2.24, 2.45) is 0 Å². The van der Waals surface area contributed by atoms with Crippen molar-refractivity contribution >= 4 is 22.8 Å². The smallest absolute Gasteiger partial charge is 0.0675 e. The van der Waals surface area contributed by atoms with E-state index in [-0.39, 0.29) is 0 Å². The van der Waals surface area contributed by atoms with Crippen molar-refractivity contribution in [3.05, 3.63) is 53.1 Å². The summed E-state index contributed by atoms with van der Waals surface area (Å²) in [6, 6.07) is 12.3. The number of benzene rings is 2. The van der Waals surface area contributed by atoms with Gasteiger partial charge in [0.25, 0.3) is 0 Å². The SMILES string of the molecule is O=C([O-])C1=Cc2cc3ccccc3cc2CC1. The fraction of sp³-hybridized carbons (Fsp3) is 0.133. The van der Waals surface area contributed by atoms with Gasteiger partial charge in [0.05, 0.1) is 5.97 Å². The monoisotopic (exact) mass is 223 g/mol. The van der Waals surface area contributed by atoms with Crippen LogP contribution in [0.1, 0.15) is 17.5 Å². The van der Waals surface area contributed by atoms with Crippen molar-refractivity contribution in [2.45, 2.75) is 12.8 Å². The van der Waals surface area contributed by atoms with Crippen LogP contribution in [0.3, 0.4) is 0 Å². The Morgan fingerprint density at radius 2 is 1.76 bits per heavy atom. The third-order valence-corrected chi connectivity index (χ3v) is 3.26. The number of hydrogen-bond donors (Lipinski definition) is 0. The van der Waals surface area contributed by atoms with E-state index in [1.54, 1.807) is 6.08 Å². The van der Waals surface area contributed by atoms with Crippen LogP contribution in [0.5, 0.6) is 0 Å². The Hall–Kier alpha value is -2.09. The van der Waals surface area contributed by atoms with Gasteiger partial charge in [-0.1, -0.05) is 30.3 Å². The molecule has 2 nitrogen and oxygen atoms in total. The molecule has 0 atom stereocenters. The summed E-state index contributed by atoms with van der Waals surface area (Å²) in [5.74, 6) is -1.05. The van der Waals surface area contributed by atoms with Crippen molar-refractivity contribution in [3.63, 3.8) is 0 Å². The van der Waals surface area contributed by atoms with Crippen LogP contribution >= 0.6 is 0 Å². The Kier molecular flexibility index (Phi) is 2.22. The summed E-state index contributed by atoms with van der Waals surface area (Å²) in [6.07, 6.45) is 3.08. The van der Waals surface area contributed by atoms with Crippen LogP contribution < -0.4 is 5.11 Å². The van der Waals surface area contributed by atoms with Crippen molar-refractivity contribution in [3.8, 4) is 0 Å². The minimum absolute atomic E-state index is 0.396. The number of rotatable bonds is 1. The highest BCUT2D eigenvalue weighted by Crippen LogP contribution is 2.28. The van der Waals surface area contributed by atoms with E-state index < -0.39 is 5.97 Å². The molecule has 0 unspecified atom stereocenters. The van der Waals surface area contributed by atoms with E-state index in [2.05, 4.69) is 12.1 Å². The van der Waals surface area contributed by atoms with Crippen molar-refractivity contribution in [1.82, 2.24) is 0 Å². The fourth-order valence-corrected chi connectivity index (χ4v) is 2.35. The van der Waals surface area contributed by atoms with Gasteiger partial charge in [0.15, 0.2) is 0 Å². The molecule has 1 aliphatic rings. The zero-order valence-corrected chi connectivity index (χ0v) is 9.27. The van der Waals surface area contributed by atoms with Crippen molar-refractivity contribution < 1.29 is 9.90 Å². The molecule has 1 aliphatic carbocycles. The summed E-state index contributed by atoms with van der Waals surface area (Å²) in [7, 11) is 0. The van der Waals surface area contributed by atoms with Crippen molar-refractivity contribution in [1.29, 1.82) is 0 Å². The molecule has 0 aliphatic heterocycles. The lowest BCUT2D eigenvalue weighted by molar-refractivity contribution is -0.299. The molecule has 2 aromatic carbocycles. The first-order chi connectivity index (χ1) is 8.24. The predicted molar refractivity (Wildman–Crippen MR) is 65.3 cm³/mol. The number of aliphatic carboxylic acids is 1. The molecule has 2 heteroatoms. The predicted octanol–water partition coefficient (Wildman–Crippen LogP) is 1.92. The standard InChI is InChI=1S/C15H12O2/c16-15(17)13-6-5-12-7-10-3-1-2-4-11(10)8-14(12)9-13/h1-4,7-9H,5-6H2,(H,16,17)/p-1. The molecule has 0 saturated heterocycles. The second-order valence-electron chi connectivity index (χ2n) is 4.36. The molecule has 17 heavy (non-hydrogen) atoms. The van der Waals surface area contributed by atoms with Crippen LogP contribution in [0.2, 0.25) is 0 Å². The average molecular weight is 223 g/mol. The zero-order chi connectivity index (χ0) is 11.8. The van der Waals surface area contributed by atoms with Gasteiger partial charge in [-0.05, 0) is 52.5 Å². The molecule has 0 aromatic heterocycles. The molecule has 0 heterocycles. The first-order valence-corrected chi connectivity index (χ1v) is 5.67. The molecule has 0 bridgehead atoms. The summed E-state index contributed by atoms with van der Waals surface area (Å²) in [4.78, 5) is 10.8. The van der Waals surface area contributed by atoms with Crippen LogP contribution in [0, 0.1) is 0 Å².